The predicted octanol–water partition coefficient (Wildman–Crippen LogP) is 3.91. The van der Waals surface area contributed by atoms with Gasteiger partial charge < -0.3 is 5.32 Å². The quantitative estimate of drug-likeness (QED) is 0.753. The van der Waals surface area contributed by atoms with E-state index in [1.165, 1.54) is 38.8 Å². The molecular formula is C17H36N2. The molecule has 0 amide bonds. The molecule has 0 saturated carbocycles. The van der Waals surface area contributed by atoms with Crippen molar-refractivity contribution in [3.05, 3.63) is 0 Å². The lowest BCUT2D eigenvalue weighted by Crippen LogP contribution is -2.64. The summed E-state index contributed by atoms with van der Waals surface area (Å²) in [5, 5.41) is 3.80. The van der Waals surface area contributed by atoms with Gasteiger partial charge in [-0.05, 0) is 44.6 Å². The minimum absolute atomic E-state index is 0.362. The van der Waals surface area contributed by atoms with Crippen LogP contribution < -0.4 is 5.32 Å². The summed E-state index contributed by atoms with van der Waals surface area (Å²) < 4.78 is 0. The van der Waals surface area contributed by atoms with Crippen LogP contribution in [-0.4, -0.2) is 36.1 Å². The van der Waals surface area contributed by atoms with Gasteiger partial charge in [0.1, 0.15) is 0 Å². The third-order valence-corrected chi connectivity index (χ3v) is 5.23. The van der Waals surface area contributed by atoms with Crippen molar-refractivity contribution in [3.63, 3.8) is 0 Å². The van der Waals surface area contributed by atoms with Crippen molar-refractivity contribution in [3.8, 4) is 0 Å². The van der Waals surface area contributed by atoms with Gasteiger partial charge in [-0.15, -0.1) is 0 Å². The van der Waals surface area contributed by atoms with Crippen LogP contribution >= 0.6 is 0 Å². The SMILES string of the molecule is CCC(C)C1CN(CCCC(C)C)C(C)(CC)CN1. The molecule has 1 aliphatic rings. The summed E-state index contributed by atoms with van der Waals surface area (Å²) >= 11 is 0. The average Bonchev–Trinajstić information content (AvgIpc) is 2.39. The number of rotatable bonds is 7. The standard InChI is InChI=1S/C17H36N2/c1-7-15(5)16-12-19(11-9-10-14(3)4)17(6,8-2)13-18-16/h14-16,18H,7-13H2,1-6H3. The van der Waals surface area contributed by atoms with Crippen molar-refractivity contribution in [2.24, 2.45) is 11.8 Å². The second-order valence-electron chi connectivity index (χ2n) is 7.21. The normalized spacial score (nSPS) is 30.8. The van der Waals surface area contributed by atoms with E-state index in [0.29, 0.717) is 11.6 Å². The van der Waals surface area contributed by atoms with Crippen LogP contribution in [0, 0.1) is 11.8 Å². The number of hydrogen-bond acceptors (Lipinski definition) is 2. The van der Waals surface area contributed by atoms with Crippen LogP contribution in [0.25, 0.3) is 0 Å². The van der Waals surface area contributed by atoms with Crippen LogP contribution in [0.1, 0.15) is 67.2 Å². The highest BCUT2D eigenvalue weighted by Crippen LogP contribution is 2.26. The summed E-state index contributed by atoms with van der Waals surface area (Å²) in [5.41, 5.74) is 0.362. The summed E-state index contributed by atoms with van der Waals surface area (Å²) in [4.78, 5) is 2.77. The number of piperazine rings is 1. The van der Waals surface area contributed by atoms with E-state index in [-0.39, 0.29) is 0 Å². The first-order chi connectivity index (χ1) is 8.92. The maximum absolute atomic E-state index is 3.80. The Balaban J connectivity index is 2.58. The largest absolute Gasteiger partial charge is 0.311 e. The highest BCUT2D eigenvalue weighted by Gasteiger charge is 2.37. The Labute approximate surface area is 121 Å². The van der Waals surface area contributed by atoms with Crippen LogP contribution in [0.5, 0.6) is 0 Å². The molecule has 0 aromatic carbocycles. The lowest BCUT2D eigenvalue weighted by Gasteiger charge is -2.49. The molecule has 1 heterocycles. The number of hydrogen-bond donors (Lipinski definition) is 1. The van der Waals surface area contributed by atoms with Gasteiger partial charge in [-0.3, -0.25) is 4.90 Å². The van der Waals surface area contributed by atoms with Gasteiger partial charge >= 0.3 is 0 Å². The molecule has 0 aromatic rings. The first-order valence-corrected chi connectivity index (χ1v) is 8.41. The third-order valence-electron chi connectivity index (χ3n) is 5.23. The van der Waals surface area contributed by atoms with Crippen LogP contribution in [0.15, 0.2) is 0 Å². The Bertz CT molecular complexity index is 252. The van der Waals surface area contributed by atoms with Gasteiger partial charge in [0.05, 0.1) is 0 Å². The average molecular weight is 268 g/mol. The van der Waals surface area contributed by atoms with E-state index in [0.717, 1.165) is 18.4 Å². The van der Waals surface area contributed by atoms with Gasteiger partial charge in [0, 0.05) is 24.7 Å². The van der Waals surface area contributed by atoms with Crippen LogP contribution in [0.4, 0.5) is 0 Å². The highest BCUT2D eigenvalue weighted by molar-refractivity contribution is 4.96. The summed E-state index contributed by atoms with van der Waals surface area (Å²) in [6, 6.07) is 0.684. The zero-order chi connectivity index (χ0) is 14.5. The molecule has 3 unspecified atom stereocenters. The van der Waals surface area contributed by atoms with Crippen molar-refractivity contribution in [1.29, 1.82) is 0 Å². The van der Waals surface area contributed by atoms with Crippen LogP contribution in [0.3, 0.4) is 0 Å². The second-order valence-corrected chi connectivity index (χ2v) is 7.21. The summed E-state index contributed by atoms with van der Waals surface area (Å²) in [6.45, 7) is 17.8. The molecule has 1 fully saturated rings. The monoisotopic (exact) mass is 268 g/mol. The molecule has 0 radical (unpaired) electrons. The summed E-state index contributed by atoms with van der Waals surface area (Å²) in [5.74, 6) is 1.62. The summed E-state index contributed by atoms with van der Waals surface area (Å²) in [7, 11) is 0. The first-order valence-electron chi connectivity index (χ1n) is 8.41. The molecule has 1 aliphatic heterocycles. The van der Waals surface area contributed by atoms with Gasteiger partial charge in [0.15, 0.2) is 0 Å². The van der Waals surface area contributed by atoms with E-state index in [4.69, 9.17) is 0 Å². The Morgan fingerprint density at radius 2 is 1.95 bits per heavy atom. The van der Waals surface area contributed by atoms with E-state index in [1.54, 1.807) is 0 Å². The van der Waals surface area contributed by atoms with Gasteiger partial charge in [0.2, 0.25) is 0 Å². The fraction of sp³-hybridized carbons (Fsp3) is 1.00. The summed E-state index contributed by atoms with van der Waals surface area (Å²) in [6.07, 6.45) is 5.23. The minimum atomic E-state index is 0.362. The maximum atomic E-state index is 3.80. The molecule has 19 heavy (non-hydrogen) atoms. The Hall–Kier alpha value is -0.0800. The van der Waals surface area contributed by atoms with Gasteiger partial charge in [-0.2, -0.15) is 0 Å². The lowest BCUT2D eigenvalue weighted by atomic mass is 9.87. The van der Waals surface area contributed by atoms with Crippen molar-refractivity contribution in [2.45, 2.75) is 78.8 Å². The van der Waals surface area contributed by atoms with Gasteiger partial charge in [-0.25, -0.2) is 0 Å². The van der Waals surface area contributed by atoms with Gasteiger partial charge in [0.25, 0.3) is 0 Å². The molecule has 3 atom stereocenters. The zero-order valence-electron chi connectivity index (χ0n) is 14.1. The molecule has 0 bridgehead atoms. The van der Waals surface area contributed by atoms with Crippen LogP contribution in [-0.2, 0) is 0 Å². The van der Waals surface area contributed by atoms with E-state index in [2.05, 4.69) is 51.8 Å². The van der Waals surface area contributed by atoms with Crippen LogP contribution in [0.2, 0.25) is 0 Å². The third kappa shape index (κ3) is 4.75. The van der Waals surface area contributed by atoms with Crippen molar-refractivity contribution in [2.75, 3.05) is 19.6 Å². The molecule has 2 heteroatoms. The van der Waals surface area contributed by atoms with E-state index < -0.39 is 0 Å². The zero-order valence-corrected chi connectivity index (χ0v) is 14.1. The van der Waals surface area contributed by atoms with Gasteiger partial charge in [-0.1, -0.05) is 41.0 Å². The highest BCUT2D eigenvalue weighted by atomic mass is 15.3. The smallest absolute Gasteiger partial charge is 0.0303 e. The Morgan fingerprint density at radius 3 is 2.47 bits per heavy atom. The lowest BCUT2D eigenvalue weighted by molar-refractivity contribution is 0.0343. The van der Waals surface area contributed by atoms with E-state index in [1.807, 2.05) is 0 Å². The van der Waals surface area contributed by atoms with E-state index >= 15 is 0 Å². The van der Waals surface area contributed by atoms with Crippen molar-refractivity contribution >= 4 is 0 Å². The Kier molecular flexibility index (Phi) is 6.82. The molecule has 0 spiro atoms. The van der Waals surface area contributed by atoms with Crippen molar-refractivity contribution in [1.82, 2.24) is 10.2 Å². The first kappa shape index (κ1) is 17.0. The molecule has 1 N–H and O–H groups in total. The fourth-order valence-electron chi connectivity index (χ4n) is 3.05. The molecule has 0 aromatic heterocycles. The van der Waals surface area contributed by atoms with E-state index in [9.17, 15) is 0 Å². The molecule has 1 saturated heterocycles. The second kappa shape index (κ2) is 7.64. The number of nitrogens with one attached hydrogen (secondary N) is 1. The molecule has 114 valence electrons. The molecule has 1 rings (SSSR count). The predicted molar refractivity (Wildman–Crippen MR) is 85.6 cm³/mol. The topological polar surface area (TPSA) is 15.3 Å². The minimum Gasteiger partial charge on any atom is -0.311 e. The molecule has 2 nitrogen and oxygen atoms in total. The fourth-order valence-corrected chi connectivity index (χ4v) is 3.05. The maximum Gasteiger partial charge on any atom is 0.0303 e. The molecular weight excluding hydrogens is 232 g/mol. The number of nitrogens with zero attached hydrogens (tertiary/aromatic N) is 1. The Morgan fingerprint density at radius 1 is 1.26 bits per heavy atom. The molecule has 0 aliphatic carbocycles. The van der Waals surface area contributed by atoms with Crippen molar-refractivity contribution < 1.29 is 0 Å².